The number of hydrogen-bond donors (Lipinski definition) is 2. The van der Waals surface area contributed by atoms with Crippen molar-refractivity contribution in [1.82, 2.24) is 0 Å². The van der Waals surface area contributed by atoms with Crippen molar-refractivity contribution in [2.24, 2.45) is 5.41 Å². The van der Waals surface area contributed by atoms with Crippen LogP contribution in [0, 0.1) is 17.7 Å². The highest BCUT2D eigenvalue weighted by Crippen LogP contribution is 2.53. The normalized spacial score (nSPS) is 19.9. The highest BCUT2D eigenvalue weighted by Gasteiger charge is 2.47. The Morgan fingerprint density at radius 3 is 2.38 bits per heavy atom. The van der Waals surface area contributed by atoms with Crippen molar-refractivity contribution in [3.8, 4) is 11.5 Å². The SMILES string of the molecule is COc1cccc(C2C3=C(CC(C)(C)CC3=O)N(c3cccc(Br)c3)C(=N)/C2=C(/O)c2ccc(C)cc2)c1OC. The molecule has 1 unspecified atom stereocenters. The summed E-state index contributed by atoms with van der Waals surface area (Å²) in [5.41, 5.74) is 4.38. The molecule has 1 atom stereocenters. The number of halogens is 1. The second-order valence-electron chi connectivity index (χ2n) is 11.1. The second-order valence-corrected chi connectivity index (χ2v) is 12.0. The summed E-state index contributed by atoms with van der Waals surface area (Å²) in [4.78, 5) is 16.0. The van der Waals surface area contributed by atoms with E-state index >= 15 is 0 Å². The van der Waals surface area contributed by atoms with Gasteiger partial charge in [0.05, 0.1) is 20.1 Å². The van der Waals surface area contributed by atoms with E-state index in [0.717, 1.165) is 21.4 Å². The fraction of sp³-hybridized carbons (Fsp3) is 0.273. The molecule has 40 heavy (non-hydrogen) atoms. The summed E-state index contributed by atoms with van der Waals surface area (Å²) in [6.07, 6.45) is 0.942. The number of allylic oxidation sites excluding steroid dienone is 2. The molecule has 0 amide bonds. The Balaban J connectivity index is 1.90. The second kappa shape index (κ2) is 10.6. The molecule has 0 spiro atoms. The van der Waals surface area contributed by atoms with Gasteiger partial charge in [0.15, 0.2) is 17.3 Å². The Hall–Kier alpha value is -3.84. The van der Waals surface area contributed by atoms with E-state index in [9.17, 15) is 15.3 Å². The summed E-state index contributed by atoms with van der Waals surface area (Å²) < 4.78 is 12.3. The molecule has 5 rings (SSSR count). The van der Waals surface area contributed by atoms with Crippen molar-refractivity contribution in [2.75, 3.05) is 19.1 Å². The molecule has 0 saturated carbocycles. The zero-order valence-electron chi connectivity index (χ0n) is 23.3. The first-order chi connectivity index (χ1) is 19.1. The van der Waals surface area contributed by atoms with E-state index < -0.39 is 5.92 Å². The minimum atomic E-state index is -0.735. The number of nitrogens with one attached hydrogen (secondary N) is 1. The maximum Gasteiger partial charge on any atom is 0.164 e. The molecule has 0 saturated heterocycles. The number of methoxy groups -OCH3 is 2. The molecule has 6 nitrogen and oxygen atoms in total. The molecule has 206 valence electrons. The number of para-hydroxylation sites is 1. The van der Waals surface area contributed by atoms with Gasteiger partial charge >= 0.3 is 0 Å². The lowest BCUT2D eigenvalue weighted by molar-refractivity contribution is -0.118. The van der Waals surface area contributed by atoms with Crippen LogP contribution in [0.3, 0.4) is 0 Å². The predicted octanol–water partition coefficient (Wildman–Crippen LogP) is 7.97. The number of Topliss-reactive ketones (excluding diaryl/α,β-unsaturated/α-hetero) is 1. The molecule has 0 radical (unpaired) electrons. The monoisotopic (exact) mass is 600 g/mol. The van der Waals surface area contributed by atoms with Gasteiger partial charge in [0, 0.05) is 44.6 Å². The smallest absolute Gasteiger partial charge is 0.164 e. The topological polar surface area (TPSA) is 82.9 Å². The maximum atomic E-state index is 14.1. The van der Waals surface area contributed by atoms with Crippen LogP contribution in [0.4, 0.5) is 5.69 Å². The third-order valence-electron chi connectivity index (χ3n) is 7.61. The van der Waals surface area contributed by atoms with Crippen LogP contribution in [0.5, 0.6) is 11.5 Å². The zero-order valence-corrected chi connectivity index (χ0v) is 24.9. The van der Waals surface area contributed by atoms with E-state index in [1.165, 1.54) is 0 Å². The van der Waals surface area contributed by atoms with E-state index in [1.807, 2.05) is 72.5 Å². The molecule has 1 aliphatic heterocycles. The quantitative estimate of drug-likeness (QED) is 0.290. The average molecular weight is 602 g/mol. The first-order valence-electron chi connectivity index (χ1n) is 13.2. The Morgan fingerprint density at radius 1 is 1.02 bits per heavy atom. The van der Waals surface area contributed by atoms with Gasteiger partial charge < -0.3 is 14.6 Å². The van der Waals surface area contributed by atoms with Gasteiger partial charge in [-0.2, -0.15) is 0 Å². The van der Waals surface area contributed by atoms with Gasteiger partial charge in [0.2, 0.25) is 0 Å². The molecular weight excluding hydrogens is 568 g/mol. The van der Waals surface area contributed by atoms with Gasteiger partial charge in [-0.3, -0.25) is 15.1 Å². The van der Waals surface area contributed by atoms with E-state index in [1.54, 1.807) is 20.3 Å². The number of carbonyl (C=O) groups is 1. The highest BCUT2D eigenvalue weighted by atomic mass is 79.9. The third kappa shape index (κ3) is 4.83. The van der Waals surface area contributed by atoms with Crippen molar-refractivity contribution in [3.05, 3.63) is 105 Å². The Kier molecular flexibility index (Phi) is 7.36. The lowest BCUT2D eigenvalue weighted by Gasteiger charge is -2.45. The van der Waals surface area contributed by atoms with E-state index in [-0.39, 0.29) is 22.8 Å². The van der Waals surface area contributed by atoms with Crippen LogP contribution >= 0.6 is 15.9 Å². The molecule has 1 heterocycles. The number of anilines is 1. The molecule has 0 fully saturated rings. The number of ketones is 1. The Morgan fingerprint density at radius 2 is 1.73 bits per heavy atom. The van der Waals surface area contributed by atoms with Gasteiger partial charge in [0.25, 0.3) is 0 Å². The number of carbonyl (C=O) groups excluding carboxylic acids is 1. The number of amidine groups is 1. The summed E-state index contributed by atoms with van der Waals surface area (Å²) in [5, 5.41) is 21.6. The molecule has 0 aromatic heterocycles. The van der Waals surface area contributed by atoms with Gasteiger partial charge in [0.1, 0.15) is 11.6 Å². The first-order valence-corrected chi connectivity index (χ1v) is 14.0. The predicted molar refractivity (Wildman–Crippen MR) is 162 cm³/mol. The first kappa shape index (κ1) is 27.7. The fourth-order valence-corrected chi connectivity index (χ4v) is 6.22. The Bertz CT molecular complexity index is 1570. The van der Waals surface area contributed by atoms with Gasteiger partial charge in [-0.05, 0) is 43.0 Å². The summed E-state index contributed by atoms with van der Waals surface area (Å²) in [6.45, 7) is 6.14. The van der Waals surface area contributed by atoms with Crippen molar-refractivity contribution < 1.29 is 19.4 Å². The zero-order chi connectivity index (χ0) is 28.8. The number of hydrogen-bond acceptors (Lipinski definition) is 5. The molecule has 7 heteroatoms. The van der Waals surface area contributed by atoms with Gasteiger partial charge in [-0.25, -0.2) is 0 Å². The Labute approximate surface area is 243 Å². The largest absolute Gasteiger partial charge is 0.507 e. The molecule has 3 aromatic rings. The summed E-state index contributed by atoms with van der Waals surface area (Å²) in [7, 11) is 3.13. The lowest BCUT2D eigenvalue weighted by Crippen LogP contribution is -2.45. The van der Waals surface area contributed by atoms with Crippen molar-refractivity contribution in [2.45, 2.75) is 39.5 Å². The molecular formula is C33H33BrN2O4. The number of benzene rings is 3. The highest BCUT2D eigenvalue weighted by molar-refractivity contribution is 9.10. The minimum Gasteiger partial charge on any atom is -0.507 e. The van der Waals surface area contributed by atoms with Crippen molar-refractivity contribution in [3.63, 3.8) is 0 Å². The molecule has 3 aromatic carbocycles. The number of ether oxygens (including phenoxy) is 2. The number of rotatable bonds is 5. The van der Waals surface area contributed by atoms with Crippen LogP contribution in [0.2, 0.25) is 0 Å². The number of aryl methyl sites for hydroxylation is 1. The molecule has 1 aliphatic carbocycles. The van der Waals surface area contributed by atoms with Gasteiger partial charge in [-0.1, -0.05) is 77.8 Å². The van der Waals surface area contributed by atoms with Crippen LogP contribution in [0.1, 0.15) is 49.3 Å². The van der Waals surface area contributed by atoms with Crippen LogP contribution < -0.4 is 14.4 Å². The van der Waals surface area contributed by atoms with Crippen molar-refractivity contribution >= 4 is 39.0 Å². The van der Waals surface area contributed by atoms with E-state index in [0.29, 0.717) is 46.6 Å². The van der Waals surface area contributed by atoms with Crippen molar-refractivity contribution in [1.29, 1.82) is 5.41 Å². The summed E-state index contributed by atoms with van der Waals surface area (Å²) in [6, 6.07) is 20.7. The minimum absolute atomic E-state index is 0.0113. The van der Waals surface area contributed by atoms with Crippen LogP contribution in [-0.4, -0.2) is 30.9 Å². The molecule has 2 aliphatic rings. The average Bonchev–Trinajstić information content (AvgIpc) is 2.91. The van der Waals surface area contributed by atoms with Crippen LogP contribution in [-0.2, 0) is 4.79 Å². The molecule has 2 N–H and O–H groups in total. The molecule has 0 bridgehead atoms. The van der Waals surface area contributed by atoms with Crippen LogP contribution in [0.25, 0.3) is 5.76 Å². The number of aliphatic hydroxyl groups excluding tert-OH is 1. The number of aliphatic hydroxyl groups is 1. The lowest BCUT2D eigenvalue weighted by atomic mass is 9.67. The standard InChI is InChI=1S/C33H33BrN2O4/c1-19-12-14-20(15-13-19)30(38)29-27(23-10-7-11-26(39-4)31(23)40-5)28-24(17-33(2,3)18-25(28)37)36(32(29)35)22-9-6-8-21(34)16-22/h6-16,27,35,38H,17-18H2,1-5H3/b30-29+,35-32?. The fourth-order valence-electron chi connectivity index (χ4n) is 5.83. The summed E-state index contributed by atoms with van der Waals surface area (Å²) in [5.74, 6) is 0.293. The van der Waals surface area contributed by atoms with E-state index in [4.69, 9.17) is 9.47 Å². The maximum absolute atomic E-state index is 14.1. The van der Waals surface area contributed by atoms with Crippen LogP contribution in [0.15, 0.2) is 88.0 Å². The van der Waals surface area contributed by atoms with E-state index in [2.05, 4.69) is 29.8 Å². The number of nitrogens with zero attached hydrogens (tertiary/aromatic N) is 1. The van der Waals surface area contributed by atoms with Gasteiger partial charge in [-0.15, -0.1) is 0 Å². The summed E-state index contributed by atoms with van der Waals surface area (Å²) >= 11 is 3.57. The third-order valence-corrected chi connectivity index (χ3v) is 8.11.